The molecular weight excluding hydrogens is 375 g/mol. The van der Waals surface area contributed by atoms with Gasteiger partial charge in [-0.3, -0.25) is 4.99 Å². The molecule has 0 aromatic rings. The van der Waals surface area contributed by atoms with Crippen LogP contribution in [-0.2, 0) is 0 Å². The Balaban J connectivity index is 0.00000220. The number of nitrogens with one attached hydrogen (secondary N) is 2. The van der Waals surface area contributed by atoms with Gasteiger partial charge in [0.1, 0.15) is 0 Å². The van der Waals surface area contributed by atoms with Gasteiger partial charge in [-0.1, -0.05) is 6.92 Å². The zero-order valence-corrected chi connectivity index (χ0v) is 16.1. The number of piperidine rings is 1. The van der Waals surface area contributed by atoms with Crippen LogP contribution in [0.2, 0.25) is 0 Å². The summed E-state index contributed by atoms with van der Waals surface area (Å²) in [6.45, 7) is 11.2. The van der Waals surface area contributed by atoms with Gasteiger partial charge in [0.2, 0.25) is 0 Å². The van der Waals surface area contributed by atoms with Crippen LogP contribution in [0, 0.1) is 11.8 Å². The third-order valence-electron chi connectivity index (χ3n) is 4.55. The Morgan fingerprint density at radius 1 is 1.05 bits per heavy atom. The monoisotopic (exact) mass is 408 g/mol. The van der Waals surface area contributed by atoms with Crippen molar-refractivity contribution in [2.45, 2.75) is 46.0 Å². The number of nitrogens with zero attached hydrogens (tertiary/aromatic N) is 2. The van der Waals surface area contributed by atoms with Crippen molar-refractivity contribution in [2.24, 2.45) is 16.8 Å². The molecule has 2 fully saturated rings. The van der Waals surface area contributed by atoms with Gasteiger partial charge in [-0.15, -0.1) is 24.0 Å². The third-order valence-corrected chi connectivity index (χ3v) is 4.55. The molecule has 0 bridgehead atoms. The van der Waals surface area contributed by atoms with Crippen molar-refractivity contribution < 1.29 is 0 Å². The first-order valence-electron chi connectivity index (χ1n) is 8.56. The average Bonchev–Trinajstić information content (AvgIpc) is 3.30. The summed E-state index contributed by atoms with van der Waals surface area (Å²) in [5.74, 6) is 2.78. The first-order chi connectivity index (χ1) is 9.81. The fourth-order valence-corrected chi connectivity index (χ4v) is 2.85. The van der Waals surface area contributed by atoms with Crippen LogP contribution >= 0.6 is 24.0 Å². The summed E-state index contributed by atoms with van der Waals surface area (Å²) in [6, 6.07) is 0. The Labute approximate surface area is 147 Å². The molecule has 5 heteroatoms. The summed E-state index contributed by atoms with van der Waals surface area (Å²) in [5.41, 5.74) is 0. The predicted molar refractivity (Wildman–Crippen MR) is 102 cm³/mol. The second-order valence-corrected chi connectivity index (χ2v) is 6.26. The van der Waals surface area contributed by atoms with E-state index in [1.54, 1.807) is 0 Å². The molecule has 1 aliphatic carbocycles. The number of likely N-dealkylation sites (tertiary alicyclic amines) is 1. The van der Waals surface area contributed by atoms with Crippen molar-refractivity contribution in [3.8, 4) is 0 Å². The van der Waals surface area contributed by atoms with Gasteiger partial charge in [0.15, 0.2) is 5.96 Å². The first kappa shape index (κ1) is 19.0. The molecule has 4 nitrogen and oxygen atoms in total. The zero-order valence-electron chi connectivity index (χ0n) is 13.7. The summed E-state index contributed by atoms with van der Waals surface area (Å²) >= 11 is 0. The van der Waals surface area contributed by atoms with Gasteiger partial charge >= 0.3 is 0 Å². The Morgan fingerprint density at radius 3 is 2.33 bits per heavy atom. The Bertz CT molecular complexity index is 297. The van der Waals surface area contributed by atoms with Gasteiger partial charge in [-0.05, 0) is 70.5 Å². The normalized spacial score (nSPS) is 21.0. The van der Waals surface area contributed by atoms with E-state index in [4.69, 9.17) is 0 Å². The van der Waals surface area contributed by atoms with Crippen molar-refractivity contribution >= 4 is 29.9 Å². The van der Waals surface area contributed by atoms with Crippen LogP contribution in [0.25, 0.3) is 0 Å². The van der Waals surface area contributed by atoms with Crippen LogP contribution in [0.4, 0.5) is 0 Å². The molecule has 21 heavy (non-hydrogen) atoms. The van der Waals surface area contributed by atoms with Crippen molar-refractivity contribution in [3.63, 3.8) is 0 Å². The summed E-state index contributed by atoms with van der Waals surface area (Å²) < 4.78 is 0. The summed E-state index contributed by atoms with van der Waals surface area (Å²) in [6.07, 6.45) is 6.76. The topological polar surface area (TPSA) is 39.7 Å². The second kappa shape index (κ2) is 10.6. The van der Waals surface area contributed by atoms with Crippen LogP contribution in [0.5, 0.6) is 0 Å². The summed E-state index contributed by atoms with van der Waals surface area (Å²) in [5, 5.41) is 6.85. The smallest absolute Gasteiger partial charge is 0.191 e. The number of hydrogen-bond acceptors (Lipinski definition) is 2. The highest BCUT2D eigenvalue weighted by Crippen LogP contribution is 2.28. The van der Waals surface area contributed by atoms with E-state index in [2.05, 4.69) is 34.4 Å². The van der Waals surface area contributed by atoms with Gasteiger partial charge < -0.3 is 15.5 Å². The minimum absolute atomic E-state index is 0. The standard InChI is InChI=1S/C16H32N4.HI/c1-3-17-16(19-13-15-5-6-15)18-10-7-14-8-11-20(4-2)12-9-14;/h14-15H,3-13H2,1-2H3,(H2,17,18,19);1H. The van der Waals surface area contributed by atoms with E-state index in [-0.39, 0.29) is 24.0 Å². The summed E-state index contributed by atoms with van der Waals surface area (Å²) in [4.78, 5) is 7.23. The molecular formula is C16H33IN4. The molecule has 0 atom stereocenters. The molecule has 124 valence electrons. The predicted octanol–water partition coefficient (Wildman–Crippen LogP) is 2.69. The van der Waals surface area contributed by atoms with Gasteiger partial charge in [0.05, 0.1) is 0 Å². The summed E-state index contributed by atoms with van der Waals surface area (Å²) in [7, 11) is 0. The highest BCUT2D eigenvalue weighted by Gasteiger charge is 2.21. The molecule has 0 aromatic heterocycles. The van der Waals surface area contributed by atoms with E-state index >= 15 is 0 Å². The van der Waals surface area contributed by atoms with Crippen molar-refractivity contribution in [3.05, 3.63) is 0 Å². The van der Waals surface area contributed by atoms with Crippen LogP contribution in [0.3, 0.4) is 0 Å². The second-order valence-electron chi connectivity index (χ2n) is 6.26. The van der Waals surface area contributed by atoms with E-state index in [0.717, 1.165) is 37.4 Å². The Hall–Kier alpha value is -0.0400. The Morgan fingerprint density at radius 2 is 1.76 bits per heavy atom. The third kappa shape index (κ3) is 7.68. The maximum atomic E-state index is 4.67. The van der Waals surface area contributed by atoms with Crippen LogP contribution < -0.4 is 10.6 Å². The minimum Gasteiger partial charge on any atom is -0.357 e. The lowest BCUT2D eigenvalue weighted by Gasteiger charge is -2.31. The number of halogens is 1. The average molecular weight is 408 g/mol. The maximum absolute atomic E-state index is 4.67. The molecule has 1 heterocycles. The molecule has 1 saturated heterocycles. The van der Waals surface area contributed by atoms with Gasteiger partial charge in [0.25, 0.3) is 0 Å². The molecule has 2 rings (SSSR count). The highest BCUT2D eigenvalue weighted by molar-refractivity contribution is 14.0. The van der Waals surface area contributed by atoms with E-state index < -0.39 is 0 Å². The SMILES string of the molecule is CCNC(=NCC1CC1)NCCC1CCN(CC)CC1.I. The molecule has 0 aromatic carbocycles. The number of aliphatic imine (C=N–C) groups is 1. The molecule has 0 radical (unpaired) electrons. The van der Waals surface area contributed by atoms with Gasteiger partial charge in [-0.2, -0.15) is 0 Å². The lowest BCUT2D eigenvalue weighted by molar-refractivity contribution is 0.187. The van der Waals surface area contributed by atoms with E-state index in [0.29, 0.717) is 0 Å². The first-order valence-corrected chi connectivity index (χ1v) is 8.56. The molecule has 1 aliphatic heterocycles. The van der Waals surface area contributed by atoms with Crippen LogP contribution in [0.15, 0.2) is 4.99 Å². The molecule has 0 spiro atoms. The number of guanidine groups is 1. The number of rotatable bonds is 7. The lowest BCUT2D eigenvalue weighted by Crippen LogP contribution is -2.39. The van der Waals surface area contributed by atoms with E-state index in [1.165, 1.54) is 51.7 Å². The lowest BCUT2D eigenvalue weighted by atomic mass is 9.93. The van der Waals surface area contributed by atoms with Crippen molar-refractivity contribution in [1.29, 1.82) is 0 Å². The minimum atomic E-state index is 0. The van der Waals surface area contributed by atoms with Crippen LogP contribution in [0.1, 0.15) is 46.0 Å². The fraction of sp³-hybridized carbons (Fsp3) is 0.938. The van der Waals surface area contributed by atoms with Gasteiger partial charge in [-0.25, -0.2) is 0 Å². The quantitative estimate of drug-likeness (QED) is 0.387. The van der Waals surface area contributed by atoms with E-state index in [1.807, 2.05) is 0 Å². The van der Waals surface area contributed by atoms with Crippen molar-refractivity contribution in [2.75, 3.05) is 39.3 Å². The van der Waals surface area contributed by atoms with Crippen molar-refractivity contribution in [1.82, 2.24) is 15.5 Å². The van der Waals surface area contributed by atoms with E-state index in [9.17, 15) is 0 Å². The molecule has 1 saturated carbocycles. The molecule has 2 N–H and O–H groups in total. The Kier molecular flexibility index (Phi) is 9.64. The maximum Gasteiger partial charge on any atom is 0.191 e. The molecule has 0 amide bonds. The number of hydrogen-bond donors (Lipinski definition) is 2. The van der Waals surface area contributed by atoms with Crippen LogP contribution in [-0.4, -0.2) is 50.1 Å². The molecule has 0 unspecified atom stereocenters. The fourth-order valence-electron chi connectivity index (χ4n) is 2.85. The van der Waals surface area contributed by atoms with Gasteiger partial charge in [0, 0.05) is 19.6 Å². The zero-order chi connectivity index (χ0) is 14.2. The highest BCUT2D eigenvalue weighted by atomic mass is 127. The molecule has 2 aliphatic rings. The largest absolute Gasteiger partial charge is 0.357 e.